The maximum atomic E-state index is 11.5. The molecule has 0 aliphatic carbocycles. The van der Waals surface area contributed by atoms with E-state index in [-0.39, 0.29) is 17.0 Å². The Morgan fingerprint density at radius 1 is 1.37 bits per heavy atom. The fourth-order valence-electron chi connectivity index (χ4n) is 2.29. The summed E-state index contributed by atoms with van der Waals surface area (Å²) in [6.45, 7) is 2.35. The van der Waals surface area contributed by atoms with E-state index in [2.05, 4.69) is 5.32 Å². The smallest absolute Gasteiger partial charge is 0.150 e. The molecule has 1 aliphatic heterocycles. The van der Waals surface area contributed by atoms with Gasteiger partial charge in [0.05, 0.1) is 17.0 Å². The minimum Gasteiger partial charge on any atom is -0.378 e. The van der Waals surface area contributed by atoms with Crippen LogP contribution in [0.4, 0.5) is 5.69 Å². The summed E-state index contributed by atoms with van der Waals surface area (Å²) in [5, 5.41) is 4.07. The summed E-state index contributed by atoms with van der Waals surface area (Å²) >= 11 is 6.10. The number of sulfone groups is 1. The van der Waals surface area contributed by atoms with Gasteiger partial charge in [-0.05, 0) is 37.5 Å². The van der Waals surface area contributed by atoms with Crippen LogP contribution in [0, 0.1) is 6.92 Å². The number of anilines is 1. The Bertz CT molecular complexity index is 558. The maximum Gasteiger partial charge on any atom is 0.150 e. The Morgan fingerprint density at radius 2 is 2.00 bits per heavy atom. The Morgan fingerprint density at radius 3 is 2.53 bits per heavy atom. The molecule has 1 heterocycles. The zero-order chi connectivity index (χ0) is 14.1. The van der Waals surface area contributed by atoms with Crippen molar-refractivity contribution in [1.82, 2.24) is 0 Å². The lowest BCUT2D eigenvalue weighted by atomic mass is 9.92. The molecular weight excluding hydrogens is 284 g/mol. The van der Waals surface area contributed by atoms with Gasteiger partial charge < -0.3 is 11.1 Å². The third kappa shape index (κ3) is 3.41. The molecule has 1 saturated heterocycles. The number of nitrogens with two attached hydrogens (primary N) is 1. The minimum absolute atomic E-state index is 0.191. The molecule has 0 unspecified atom stereocenters. The number of benzene rings is 1. The first kappa shape index (κ1) is 14.6. The fourth-order valence-corrected chi connectivity index (χ4v) is 4.07. The molecule has 0 spiro atoms. The van der Waals surface area contributed by atoms with Gasteiger partial charge in [-0.2, -0.15) is 0 Å². The molecule has 0 bridgehead atoms. The third-order valence-corrected chi connectivity index (χ3v) is 5.81. The summed E-state index contributed by atoms with van der Waals surface area (Å²) in [7, 11) is -2.89. The summed E-state index contributed by atoms with van der Waals surface area (Å²) in [5.74, 6) is 0.383. The highest BCUT2D eigenvalue weighted by Crippen LogP contribution is 2.29. The SMILES string of the molecule is Cc1ccc(NC2(CN)CCS(=O)(=O)CC2)cc1Cl. The molecular formula is C13H19ClN2O2S. The number of hydrogen-bond acceptors (Lipinski definition) is 4. The first-order valence-electron chi connectivity index (χ1n) is 6.31. The second-order valence-electron chi connectivity index (χ2n) is 5.23. The van der Waals surface area contributed by atoms with Crippen molar-refractivity contribution in [2.75, 3.05) is 23.4 Å². The second-order valence-corrected chi connectivity index (χ2v) is 7.94. The normalized spacial score (nSPS) is 21.0. The zero-order valence-corrected chi connectivity index (χ0v) is 12.5. The monoisotopic (exact) mass is 302 g/mol. The van der Waals surface area contributed by atoms with Crippen LogP contribution in [0.25, 0.3) is 0 Å². The average molecular weight is 303 g/mol. The van der Waals surface area contributed by atoms with Crippen LogP contribution < -0.4 is 11.1 Å². The van der Waals surface area contributed by atoms with Crippen molar-refractivity contribution in [1.29, 1.82) is 0 Å². The molecule has 19 heavy (non-hydrogen) atoms. The van der Waals surface area contributed by atoms with Gasteiger partial charge in [-0.25, -0.2) is 8.42 Å². The van der Waals surface area contributed by atoms with Crippen molar-refractivity contribution in [3.8, 4) is 0 Å². The average Bonchev–Trinajstić information content (AvgIpc) is 2.37. The van der Waals surface area contributed by atoms with Gasteiger partial charge in [0.25, 0.3) is 0 Å². The van der Waals surface area contributed by atoms with Gasteiger partial charge in [-0.3, -0.25) is 0 Å². The van der Waals surface area contributed by atoms with Crippen LogP contribution in [-0.4, -0.2) is 32.0 Å². The molecule has 0 aromatic heterocycles. The highest BCUT2D eigenvalue weighted by atomic mass is 35.5. The highest BCUT2D eigenvalue weighted by molar-refractivity contribution is 7.91. The largest absolute Gasteiger partial charge is 0.378 e. The van der Waals surface area contributed by atoms with Gasteiger partial charge in [0.15, 0.2) is 9.84 Å². The van der Waals surface area contributed by atoms with Crippen molar-refractivity contribution in [3.05, 3.63) is 28.8 Å². The van der Waals surface area contributed by atoms with E-state index in [1.165, 1.54) is 0 Å². The third-order valence-electron chi connectivity index (χ3n) is 3.76. The van der Waals surface area contributed by atoms with E-state index in [0.29, 0.717) is 24.4 Å². The molecule has 106 valence electrons. The van der Waals surface area contributed by atoms with Crippen LogP contribution in [0.1, 0.15) is 18.4 Å². The number of rotatable bonds is 3. The lowest BCUT2D eigenvalue weighted by Gasteiger charge is -2.37. The summed E-state index contributed by atoms with van der Waals surface area (Å²) in [6.07, 6.45) is 1.08. The van der Waals surface area contributed by atoms with E-state index in [9.17, 15) is 8.42 Å². The van der Waals surface area contributed by atoms with E-state index < -0.39 is 9.84 Å². The standard InChI is InChI=1S/C13H19ClN2O2S/c1-10-2-3-11(8-12(10)14)16-13(9-15)4-6-19(17,18)7-5-13/h2-3,8,16H,4-7,9,15H2,1H3. The van der Waals surface area contributed by atoms with Crippen molar-refractivity contribution in [2.45, 2.75) is 25.3 Å². The molecule has 3 N–H and O–H groups in total. The predicted octanol–water partition coefficient (Wildman–Crippen LogP) is 1.97. The Kier molecular flexibility index (Phi) is 4.08. The van der Waals surface area contributed by atoms with Crippen molar-refractivity contribution < 1.29 is 8.42 Å². The van der Waals surface area contributed by atoms with E-state index in [4.69, 9.17) is 17.3 Å². The van der Waals surface area contributed by atoms with E-state index in [1.54, 1.807) is 0 Å². The Balaban J connectivity index is 2.17. The van der Waals surface area contributed by atoms with Gasteiger partial charge in [0.2, 0.25) is 0 Å². The molecule has 6 heteroatoms. The Labute approximate surface area is 119 Å². The van der Waals surface area contributed by atoms with Crippen molar-refractivity contribution in [2.24, 2.45) is 5.73 Å². The summed E-state index contributed by atoms with van der Waals surface area (Å²) in [6, 6.07) is 5.74. The van der Waals surface area contributed by atoms with Gasteiger partial charge in [0, 0.05) is 17.3 Å². The second kappa shape index (κ2) is 5.31. The van der Waals surface area contributed by atoms with Gasteiger partial charge >= 0.3 is 0 Å². The fraction of sp³-hybridized carbons (Fsp3) is 0.538. The summed E-state index contributed by atoms with van der Waals surface area (Å²) < 4.78 is 23.0. The first-order valence-corrected chi connectivity index (χ1v) is 8.51. The van der Waals surface area contributed by atoms with Crippen molar-refractivity contribution >= 4 is 27.1 Å². The molecule has 0 atom stereocenters. The molecule has 0 saturated carbocycles. The van der Waals surface area contributed by atoms with Gasteiger partial charge in [-0.1, -0.05) is 17.7 Å². The minimum atomic E-state index is -2.89. The summed E-state index contributed by atoms with van der Waals surface area (Å²) in [5.41, 5.74) is 7.41. The van der Waals surface area contributed by atoms with Crippen molar-refractivity contribution in [3.63, 3.8) is 0 Å². The van der Waals surface area contributed by atoms with Crippen LogP contribution >= 0.6 is 11.6 Å². The quantitative estimate of drug-likeness (QED) is 0.895. The molecule has 0 radical (unpaired) electrons. The Hall–Kier alpha value is -0.780. The number of halogens is 1. The summed E-state index contributed by atoms with van der Waals surface area (Å²) in [4.78, 5) is 0. The van der Waals surface area contributed by atoms with Crippen LogP contribution in [0.2, 0.25) is 5.02 Å². The molecule has 4 nitrogen and oxygen atoms in total. The van der Waals surface area contributed by atoms with Gasteiger partial charge in [0.1, 0.15) is 0 Å². The van der Waals surface area contributed by atoms with Crippen LogP contribution in [-0.2, 0) is 9.84 Å². The molecule has 0 amide bonds. The molecule has 1 aliphatic rings. The molecule has 1 aromatic rings. The molecule has 1 fully saturated rings. The van der Waals surface area contributed by atoms with E-state index in [0.717, 1.165) is 11.3 Å². The molecule has 2 rings (SSSR count). The number of aryl methyl sites for hydroxylation is 1. The maximum absolute atomic E-state index is 11.5. The van der Waals surface area contributed by atoms with Gasteiger partial charge in [-0.15, -0.1) is 0 Å². The lowest BCUT2D eigenvalue weighted by Crippen LogP contribution is -2.51. The lowest BCUT2D eigenvalue weighted by molar-refractivity contribution is 0.426. The van der Waals surface area contributed by atoms with Crippen LogP contribution in [0.15, 0.2) is 18.2 Å². The zero-order valence-electron chi connectivity index (χ0n) is 10.9. The topological polar surface area (TPSA) is 72.2 Å². The van der Waals surface area contributed by atoms with E-state index >= 15 is 0 Å². The number of nitrogens with one attached hydrogen (secondary N) is 1. The van der Waals surface area contributed by atoms with Crippen LogP contribution in [0.5, 0.6) is 0 Å². The van der Waals surface area contributed by atoms with E-state index in [1.807, 2.05) is 25.1 Å². The highest BCUT2D eigenvalue weighted by Gasteiger charge is 2.36. The number of hydrogen-bond donors (Lipinski definition) is 2. The molecule has 1 aromatic carbocycles. The first-order chi connectivity index (χ1) is 8.86. The van der Waals surface area contributed by atoms with Crippen LogP contribution in [0.3, 0.4) is 0 Å². The predicted molar refractivity (Wildman–Crippen MR) is 79.5 cm³/mol.